The van der Waals surface area contributed by atoms with Gasteiger partial charge in [-0.15, -0.1) is 0 Å². The molecule has 0 amide bonds. The third-order valence-corrected chi connectivity index (χ3v) is 4.60. The van der Waals surface area contributed by atoms with Crippen LogP contribution in [0.15, 0.2) is 24.3 Å². The molecule has 2 aromatic rings. The Morgan fingerprint density at radius 2 is 2.00 bits per heavy atom. The standard InChI is InChI=1S/C17H19N3O2/c1-19-9-8-15-14(10-19)16(11-2-3-11)18-20(15)13-6-4-12(5-7-13)17(21)22/h4-7,11H,2-3,8-10H2,1H3,(H,21,22). The molecule has 2 heterocycles. The van der Waals surface area contributed by atoms with Gasteiger partial charge in [0.1, 0.15) is 0 Å². The van der Waals surface area contributed by atoms with Crippen molar-refractivity contribution in [2.45, 2.75) is 31.7 Å². The highest BCUT2D eigenvalue weighted by Crippen LogP contribution is 2.43. The lowest BCUT2D eigenvalue weighted by molar-refractivity contribution is 0.0697. The van der Waals surface area contributed by atoms with E-state index in [9.17, 15) is 4.79 Å². The molecule has 4 rings (SSSR count). The van der Waals surface area contributed by atoms with Gasteiger partial charge in [-0.3, -0.25) is 0 Å². The zero-order valence-electron chi connectivity index (χ0n) is 12.6. The van der Waals surface area contributed by atoms with E-state index in [1.807, 2.05) is 16.8 Å². The minimum absolute atomic E-state index is 0.312. The average Bonchev–Trinajstić information content (AvgIpc) is 3.29. The van der Waals surface area contributed by atoms with Crippen molar-refractivity contribution in [2.24, 2.45) is 0 Å². The lowest BCUT2D eigenvalue weighted by Gasteiger charge is -2.23. The second kappa shape index (κ2) is 4.95. The maximum Gasteiger partial charge on any atom is 0.335 e. The van der Waals surface area contributed by atoms with Crippen molar-refractivity contribution in [1.29, 1.82) is 0 Å². The van der Waals surface area contributed by atoms with Crippen LogP contribution in [0.25, 0.3) is 5.69 Å². The Hall–Kier alpha value is -2.14. The average molecular weight is 297 g/mol. The molecule has 1 aliphatic heterocycles. The molecule has 1 aliphatic carbocycles. The van der Waals surface area contributed by atoms with Gasteiger partial charge in [0, 0.05) is 31.0 Å². The van der Waals surface area contributed by atoms with E-state index in [1.165, 1.54) is 29.8 Å². The molecule has 1 saturated carbocycles. The first-order valence-electron chi connectivity index (χ1n) is 7.76. The predicted octanol–water partition coefficient (Wildman–Crippen LogP) is 2.44. The van der Waals surface area contributed by atoms with Gasteiger partial charge in [0.15, 0.2) is 0 Å². The molecule has 1 aromatic heterocycles. The number of hydrogen-bond acceptors (Lipinski definition) is 3. The van der Waals surface area contributed by atoms with Crippen LogP contribution in [0.2, 0.25) is 0 Å². The van der Waals surface area contributed by atoms with E-state index >= 15 is 0 Å². The van der Waals surface area contributed by atoms with Crippen LogP contribution < -0.4 is 0 Å². The van der Waals surface area contributed by atoms with E-state index in [1.54, 1.807) is 12.1 Å². The van der Waals surface area contributed by atoms with Crippen molar-refractivity contribution in [3.8, 4) is 5.69 Å². The number of aromatic nitrogens is 2. The zero-order valence-corrected chi connectivity index (χ0v) is 12.6. The molecule has 2 aliphatic rings. The fraction of sp³-hybridized carbons (Fsp3) is 0.412. The van der Waals surface area contributed by atoms with Gasteiger partial charge in [-0.05, 0) is 44.2 Å². The number of carbonyl (C=O) groups is 1. The van der Waals surface area contributed by atoms with Crippen molar-refractivity contribution in [2.75, 3.05) is 13.6 Å². The minimum atomic E-state index is -0.894. The number of carboxylic acids is 1. The van der Waals surface area contributed by atoms with Gasteiger partial charge in [0.25, 0.3) is 0 Å². The first kappa shape index (κ1) is 13.5. The molecule has 114 valence electrons. The van der Waals surface area contributed by atoms with Crippen LogP contribution in [-0.4, -0.2) is 39.3 Å². The first-order chi connectivity index (χ1) is 10.6. The number of nitrogens with zero attached hydrogens (tertiary/aromatic N) is 3. The predicted molar refractivity (Wildman–Crippen MR) is 82.5 cm³/mol. The van der Waals surface area contributed by atoms with E-state index in [-0.39, 0.29) is 0 Å². The number of hydrogen-bond donors (Lipinski definition) is 1. The summed E-state index contributed by atoms with van der Waals surface area (Å²) in [4.78, 5) is 13.3. The maximum absolute atomic E-state index is 11.0. The smallest absolute Gasteiger partial charge is 0.335 e. The molecule has 5 nitrogen and oxygen atoms in total. The van der Waals surface area contributed by atoms with Gasteiger partial charge in [0.2, 0.25) is 0 Å². The Labute approximate surface area is 129 Å². The molecular formula is C17H19N3O2. The fourth-order valence-corrected chi connectivity index (χ4v) is 3.22. The lowest BCUT2D eigenvalue weighted by atomic mass is 10.0. The number of fused-ring (bicyclic) bond motifs is 1. The van der Waals surface area contributed by atoms with Gasteiger partial charge in [0.05, 0.1) is 22.6 Å². The van der Waals surface area contributed by atoms with Crippen molar-refractivity contribution in [3.05, 3.63) is 46.8 Å². The van der Waals surface area contributed by atoms with Gasteiger partial charge in [-0.1, -0.05) is 0 Å². The summed E-state index contributed by atoms with van der Waals surface area (Å²) in [6, 6.07) is 7.01. The summed E-state index contributed by atoms with van der Waals surface area (Å²) in [7, 11) is 2.15. The van der Waals surface area contributed by atoms with Crippen LogP contribution in [0.4, 0.5) is 0 Å². The van der Waals surface area contributed by atoms with Crippen LogP contribution in [0.1, 0.15) is 46.1 Å². The van der Waals surface area contributed by atoms with E-state index < -0.39 is 5.97 Å². The largest absolute Gasteiger partial charge is 0.478 e. The molecule has 0 spiro atoms. The van der Waals surface area contributed by atoms with Crippen LogP contribution in [0, 0.1) is 0 Å². The van der Waals surface area contributed by atoms with Crippen LogP contribution in [0.5, 0.6) is 0 Å². The Kier molecular flexibility index (Phi) is 3.04. The summed E-state index contributed by atoms with van der Waals surface area (Å²) in [5.74, 6) is -0.269. The maximum atomic E-state index is 11.0. The molecule has 0 saturated heterocycles. The molecule has 0 unspecified atom stereocenters. The van der Waals surface area contributed by atoms with Gasteiger partial charge < -0.3 is 10.0 Å². The zero-order chi connectivity index (χ0) is 15.3. The third-order valence-electron chi connectivity index (χ3n) is 4.60. The molecule has 5 heteroatoms. The summed E-state index contributed by atoms with van der Waals surface area (Å²) in [6.45, 7) is 2.00. The molecule has 1 aromatic carbocycles. The summed E-state index contributed by atoms with van der Waals surface area (Å²) in [5, 5.41) is 13.9. The SMILES string of the molecule is CN1CCc2c(c(C3CC3)nn2-c2ccc(C(=O)O)cc2)C1. The van der Waals surface area contributed by atoms with E-state index in [2.05, 4.69) is 11.9 Å². The van der Waals surface area contributed by atoms with E-state index in [0.717, 1.165) is 25.2 Å². The molecule has 0 radical (unpaired) electrons. The lowest BCUT2D eigenvalue weighted by Crippen LogP contribution is -2.27. The van der Waals surface area contributed by atoms with Crippen molar-refractivity contribution in [3.63, 3.8) is 0 Å². The van der Waals surface area contributed by atoms with Crippen molar-refractivity contribution < 1.29 is 9.90 Å². The second-order valence-corrected chi connectivity index (χ2v) is 6.34. The van der Waals surface area contributed by atoms with Gasteiger partial charge in [-0.25, -0.2) is 9.48 Å². The molecule has 0 atom stereocenters. The number of carboxylic acid groups (broad SMARTS) is 1. The summed E-state index contributed by atoms with van der Waals surface area (Å²) in [6.07, 6.45) is 3.47. The van der Waals surface area contributed by atoms with Crippen molar-refractivity contribution in [1.82, 2.24) is 14.7 Å². The van der Waals surface area contributed by atoms with Gasteiger partial charge in [-0.2, -0.15) is 5.10 Å². The number of rotatable bonds is 3. The highest BCUT2D eigenvalue weighted by atomic mass is 16.4. The highest BCUT2D eigenvalue weighted by Gasteiger charge is 2.33. The molecule has 1 fully saturated rings. The minimum Gasteiger partial charge on any atom is -0.478 e. The molecule has 0 bridgehead atoms. The topological polar surface area (TPSA) is 58.4 Å². The second-order valence-electron chi connectivity index (χ2n) is 6.34. The summed E-state index contributed by atoms with van der Waals surface area (Å²) in [5.41, 5.74) is 5.20. The quantitative estimate of drug-likeness (QED) is 0.945. The molecular weight excluding hydrogens is 278 g/mol. The Balaban J connectivity index is 1.78. The Bertz CT molecular complexity index is 729. The number of aromatic carboxylic acids is 1. The summed E-state index contributed by atoms with van der Waals surface area (Å²) >= 11 is 0. The van der Waals surface area contributed by atoms with E-state index in [4.69, 9.17) is 10.2 Å². The first-order valence-corrected chi connectivity index (χ1v) is 7.76. The molecule has 1 N–H and O–H groups in total. The van der Waals surface area contributed by atoms with Gasteiger partial charge >= 0.3 is 5.97 Å². The number of benzene rings is 1. The fourth-order valence-electron chi connectivity index (χ4n) is 3.22. The molecule has 22 heavy (non-hydrogen) atoms. The highest BCUT2D eigenvalue weighted by molar-refractivity contribution is 5.87. The Morgan fingerprint density at radius 1 is 1.27 bits per heavy atom. The summed E-state index contributed by atoms with van der Waals surface area (Å²) < 4.78 is 2.03. The number of likely N-dealkylation sites (N-methyl/N-ethyl adjacent to an activating group) is 1. The van der Waals surface area contributed by atoms with Crippen LogP contribution in [0.3, 0.4) is 0 Å². The Morgan fingerprint density at radius 3 is 2.64 bits per heavy atom. The van der Waals surface area contributed by atoms with Crippen molar-refractivity contribution >= 4 is 5.97 Å². The van der Waals surface area contributed by atoms with Crippen LogP contribution >= 0.6 is 0 Å². The van der Waals surface area contributed by atoms with E-state index in [0.29, 0.717) is 11.5 Å². The normalized spacial score (nSPS) is 18.2. The third kappa shape index (κ3) is 2.22. The monoisotopic (exact) mass is 297 g/mol. The van der Waals surface area contributed by atoms with Crippen LogP contribution in [-0.2, 0) is 13.0 Å².